The maximum absolute atomic E-state index is 12.8. The van der Waals surface area contributed by atoms with Crippen molar-refractivity contribution in [2.75, 3.05) is 26.3 Å². The molecule has 1 saturated heterocycles. The van der Waals surface area contributed by atoms with E-state index in [4.69, 9.17) is 9.47 Å². The van der Waals surface area contributed by atoms with Crippen LogP contribution in [0.25, 0.3) is 0 Å². The highest BCUT2D eigenvalue weighted by Crippen LogP contribution is 2.19. The van der Waals surface area contributed by atoms with Crippen molar-refractivity contribution in [2.24, 2.45) is 0 Å². The van der Waals surface area contributed by atoms with Crippen LogP contribution in [0.3, 0.4) is 0 Å². The number of benzene rings is 1. The van der Waals surface area contributed by atoms with Crippen LogP contribution >= 0.6 is 0 Å². The molecule has 0 aliphatic carbocycles. The Morgan fingerprint density at radius 1 is 1.12 bits per heavy atom. The third kappa shape index (κ3) is 8.44. The van der Waals surface area contributed by atoms with Gasteiger partial charge >= 0.3 is 18.1 Å². The summed E-state index contributed by atoms with van der Waals surface area (Å²) in [5.74, 6) is -7.04. The number of piperidine rings is 1. The van der Waals surface area contributed by atoms with Crippen LogP contribution in [0.15, 0.2) is 30.3 Å². The number of aliphatic hydroxyl groups is 1. The number of esters is 2. The smallest absolute Gasteiger partial charge is 0.471 e. The predicted octanol–water partition coefficient (Wildman–Crippen LogP) is -0.119. The number of ketones is 1. The first kappa shape index (κ1) is 26.2. The summed E-state index contributed by atoms with van der Waals surface area (Å²) in [6.07, 6.45) is -6.71. The molecule has 1 amide bonds. The van der Waals surface area contributed by atoms with Gasteiger partial charge in [-0.2, -0.15) is 13.2 Å². The molecule has 1 heterocycles. The van der Waals surface area contributed by atoms with Crippen molar-refractivity contribution < 1.29 is 51.7 Å². The number of ether oxygens (including phenoxy) is 3. The number of carbonyl (C=O) groups is 4. The first-order chi connectivity index (χ1) is 15.6. The number of aliphatic hydroxyl groups excluding tert-OH is 1. The molecule has 182 valence electrons. The van der Waals surface area contributed by atoms with Crippen LogP contribution < -0.4 is 15.4 Å². The highest BCUT2D eigenvalue weighted by Gasteiger charge is 2.45. The fraction of sp³-hybridized carbons (Fsp3) is 0.500. The van der Waals surface area contributed by atoms with E-state index in [-0.39, 0.29) is 11.9 Å². The third-order valence-corrected chi connectivity index (χ3v) is 4.49. The van der Waals surface area contributed by atoms with Crippen molar-refractivity contribution in [3.05, 3.63) is 30.3 Å². The lowest BCUT2D eigenvalue weighted by atomic mass is 10.1. The molecule has 1 aromatic carbocycles. The van der Waals surface area contributed by atoms with Crippen molar-refractivity contribution in [3.63, 3.8) is 0 Å². The number of halogens is 3. The van der Waals surface area contributed by atoms with E-state index in [0.29, 0.717) is 25.9 Å². The minimum Gasteiger partial charge on any atom is -0.471 e. The number of hydrogen-bond donors (Lipinski definition) is 3. The van der Waals surface area contributed by atoms with E-state index in [2.05, 4.69) is 15.4 Å². The van der Waals surface area contributed by atoms with Gasteiger partial charge in [-0.05, 0) is 38.1 Å². The van der Waals surface area contributed by atoms with Gasteiger partial charge < -0.3 is 30.0 Å². The maximum atomic E-state index is 12.8. The average molecular weight is 476 g/mol. The van der Waals surface area contributed by atoms with E-state index >= 15 is 0 Å². The Morgan fingerprint density at radius 3 is 2.33 bits per heavy atom. The van der Waals surface area contributed by atoms with E-state index in [0.717, 1.165) is 0 Å². The lowest BCUT2D eigenvalue weighted by Crippen LogP contribution is -2.53. The summed E-state index contributed by atoms with van der Waals surface area (Å²) in [5.41, 5.74) is 0. The van der Waals surface area contributed by atoms with Crippen LogP contribution in [0.5, 0.6) is 5.75 Å². The molecule has 0 bridgehead atoms. The number of nitrogens with one attached hydrogen (secondary N) is 2. The van der Waals surface area contributed by atoms with Gasteiger partial charge in [0, 0.05) is 0 Å². The topological polar surface area (TPSA) is 140 Å². The van der Waals surface area contributed by atoms with Gasteiger partial charge in [-0.3, -0.25) is 9.59 Å². The fourth-order valence-corrected chi connectivity index (χ4v) is 2.84. The Bertz CT molecular complexity index is 828. The summed E-state index contributed by atoms with van der Waals surface area (Å²) in [6, 6.07) is 5.31. The molecule has 3 N–H and O–H groups in total. The molecule has 0 saturated carbocycles. The van der Waals surface area contributed by atoms with Crippen LogP contribution in [-0.4, -0.2) is 79.5 Å². The minimum atomic E-state index is -5.49. The summed E-state index contributed by atoms with van der Waals surface area (Å²) in [7, 11) is 0. The quantitative estimate of drug-likeness (QED) is 0.311. The summed E-state index contributed by atoms with van der Waals surface area (Å²) < 4.78 is 51.7. The Morgan fingerprint density at radius 2 is 1.76 bits per heavy atom. The van der Waals surface area contributed by atoms with Gasteiger partial charge in [0.1, 0.15) is 18.4 Å². The molecule has 0 spiro atoms. The molecule has 2 rings (SSSR count). The van der Waals surface area contributed by atoms with Crippen molar-refractivity contribution in [1.82, 2.24) is 10.6 Å². The van der Waals surface area contributed by atoms with Crippen LogP contribution in [0.1, 0.15) is 12.8 Å². The minimum absolute atomic E-state index is 0.107. The molecule has 13 heteroatoms. The SMILES string of the molecule is O=C(COC1CCNCC1)NC(CO)C(=O)C(Oc1ccccc1)C(=O)OC(=O)C(F)(F)F. The van der Waals surface area contributed by atoms with Crippen molar-refractivity contribution in [1.29, 1.82) is 0 Å². The van der Waals surface area contributed by atoms with E-state index in [1.807, 2.05) is 0 Å². The van der Waals surface area contributed by atoms with Gasteiger partial charge in [0.2, 0.25) is 11.7 Å². The number of para-hydroxylation sites is 1. The van der Waals surface area contributed by atoms with Crippen LogP contribution in [0, 0.1) is 0 Å². The fourth-order valence-electron chi connectivity index (χ4n) is 2.84. The molecule has 10 nitrogen and oxygen atoms in total. The van der Waals surface area contributed by atoms with Crippen molar-refractivity contribution in [3.8, 4) is 5.75 Å². The molecule has 1 aliphatic rings. The molecular weight excluding hydrogens is 453 g/mol. The van der Waals surface area contributed by atoms with Gasteiger partial charge in [-0.15, -0.1) is 0 Å². The normalized spacial score (nSPS) is 16.4. The number of amides is 1. The van der Waals surface area contributed by atoms with Gasteiger partial charge in [0.25, 0.3) is 6.10 Å². The molecule has 0 aromatic heterocycles. The molecular formula is C20H23F3N2O8. The first-order valence-corrected chi connectivity index (χ1v) is 9.92. The monoisotopic (exact) mass is 476 g/mol. The Hall–Kier alpha value is -3.03. The Kier molecular flexibility index (Phi) is 9.75. The zero-order valence-corrected chi connectivity index (χ0v) is 17.3. The van der Waals surface area contributed by atoms with Crippen LogP contribution in [0.2, 0.25) is 0 Å². The summed E-state index contributed by atoms with van der Waals surface area (Å²) >= 11 is 0. The molecule has 1 fully saturated rings. The molecule has 33 heavy (non-hydrogen) atoms. The number of rotatable bonds is 10. The Balaban J connectivity index is 2.08. The first-order valence-electron chi connectivity index (χ1n) is 9.92. The van der Waals surface area contributed by atoms with E-state index in [1.54, 1.807) is 6.07 Å². The second-order valence-corrected chi connectivity index (χ2v) is 6.98. The average Bonchev–Trinajstić information content (AvgIpc) is 2.79. The van der Waals surface area contributed by atoms with Gasteiger partial charge in [0.15, 0.2) is 0 Å². The number of carbonyl (C=O) groups excluding carboxylic acids is 4. The van der Waals surface area contributed by atoms with Crippen LogP contribution in [-0.2, 0) is 28.7 Å². The molecule has 0 radical (unpaired) electrons. The van der Waals surface area contributed by atoms with Gasteiger partial charge in [-0.25, -0.2) is 9.59 Å². The highest BCUT2D eigenvalue weighted by molar-refractivity contribution is 6.08. The zero-order chi connectivity index (χ0) is 24.4. The zero-order valence-electron chi connectivity index (χ0n) is 17.3. The third-order valence-electron chi connectivity index (χ3n) is 4.49. The second-order valence-electron chi connectivity index (χ2n) is 6.98. The Labute approximate surface area is 186 Å². The summed E-state index contributed by atoms with van der Waals surface area (Å²) in [6.45, 7) is -0.0364. The van der Waals surface area contributed by atoms with E-state index in [9.17, 15) is 37.5 Å². The van der Waals surface area contributed by atoms with Crippen molar-refractivity contribution >= 4 is 23.6 Å². The number of alkyl halides is 3. The summed E-state index contributed by atoms with van der Waals surface area (Å²) in [5, 5.41) is 14.8. The van der Waals surface area contributed by atoms with Gasteiger partial charge in [0.05, 0.1) is 12.7 Å². The van der Waals surface area contributed by atoms with Gasteiger partial charge in [-0.1, -0.05) is 18.2 Å². The second kappa shape index (κ2) is 12.3. The van der Waals surface area contributed by atoms with E-state index < -0.39 is 55.2 Å². The standard InChI is InChI=1S/C20H23F3N2O8/c21-20(22,23)19(30)33-18(29)17(32-13-4-2-1-3-5-13)16(28)14(10-26)25-15(27)11-31-12-6-8-24-9-7-12/h1-5,12,14,17,24,26H,6-11H2,(H,25,27). The molecule has 2 atom stereocenters. The van der Waals surface area contributed by atoms with E-state index in [1.165, 1.54) is 24.3 Å². The van der Waals surface area contributed by atoms with Crippen molar-refractivity contribution in [2.45, 2.75) is 37.3 Å². The lowest BCUT2D eigenvalue weighted by Gasteiger charge is -2.24. The number of Topliss-reactive ketones (excluding diaryl/α,β-unsaturated/α-hetero) is 1. The highest BCUT2D eigenvalue weighted by atomic mass is 19.4. The summed E-state index contributed by atoms with van der Waals surface area (Å²) in [4.78, 5) is 48.1. The molecule has 2 unspecified atom stereocenters. The molecule has 1 aromatic rings. The lowest BCUT2D eigenvalue weighted by molar-refractivity contribution is -0.204. The maximum Gasteiger partial charge on any atom is 0.491 e. The molecule has 1 aliphatic heterocycles. The van der Waals surface area contributed by atoms with Crippen LogP contribution in [0.4, 0.5) is 13.2 Å². The predicted molar refractivity (Wildman–Crippen MR) is 104 cm³/mol. The number of hydrogen-bond acceptors (Lipinski definition) is 9. The largest absolute Gasteiger partial charge is 0.491 e.